The average Bonchev–Trinajstić information content (AvgIpc) is 2.92. The number of rotatable bonds is 1. The van der Waals surface area contributed by atoms with Gasteiger partial charge in [0.05, 0.1) is 6.26 Å². The first-order valence-electron chi connectivity index (χ1n) is 5.09. The number of furan rings is 1. The summed E-state index contributed by atoms with van der Waals surface area (Å²) < 4.78 is 5.10. The third-order valence-corrected chi connectivity index (χ3v) is 3.01. The molecule has 0 aromatic carbocycles. The highest BCUT2D eigenvalue weighted by atomic mass is 16.3. The van der Waals surface area contributed by atoms with Crippen LogP contribution in [0.5, 0.6) is 0 Å². The third kappa shape index (κ3) is 1.33. The Morgan fingerprint density at radius 3 is 3.27 bits per heavy atom. The second kappa shape index (κ2) is 3.15. The summed E-state index contributed by atoms with van der Waals surface area (Å²) >= 11 is 0. The summed E-state index contributed by atoms with van der Waals surface area (Å²) in [4.78, 5) is 13.8. The molecule has 1 unspecified atom stereocenters. The van der Waals surface area contributed by atoms with Crippen LogP contribution in [-0.2, 0) is 0 Å². The molecule has 2 aliphatic rings. The quantitative estimate of drug-likeness (QED) is 0.737. The number of nitrogens with zero attached hydrogens (tertiary/aromatic N) is 1. The first-order valence-corrected chi connectivity index (χ1v) is 5.09. The van der Waals surface area contributed by atoms with Crippen LogP contribution in [0.4, 0.5) is 0 Å². The molecule has 4 nitrogen and oxygen atoms in total. The van der Waals surface area contributed by atoms with E-state index in [1.807, 2.05) is 11.1 Å². The van der Waals surface area contributed by atoms with Crippen molar-refractivity contribution in [2.45, 2.75) is 0 Å². The number of carbonyl (C=O) groups is 1. The Kier molecular flexibility index (Phi) is 1.80. The van der Waals surface area contributed by atoms with E-state index in [0.717, 1.165) is 19.6 Å². The first-order chi connectivity index (χ1) is 7.34. The van der Waals surface area contributed by atoms with Crippen LogP contribution < -0.4 is 5.32 Å². The van der Waals surface area contributed by atoms with Gasteiger partial charge in [-0.05, 0) is 23.9 Å². The molecule has 78 valence electrons. The van der Waals surface area contributed by atoms with Crippen molar-refractivity contribution in [3.05, 3.63) is 35.9 Å². The average molecular weight is 204 g/mol. The molecule has 1 aromatic rings. The molecule has 3 rings (SSSR count). The van der Waals surface area contributed by atoms with Gasteiger partial charge in [0.25, 0.3) is 5.91 Å². The maximum Gasteiger partial charge on any atom is 0.289 e. The van der Waals surface area contributed by atoms with E-state index in [1.54, 1.807) is 12.1 Å². The molecule has 0 aliphatic carbocycles. The fourth-order valence-electron chi connectivity index (χ4n) is 2.20. The number of hydrogen-bond acceptors (Lipinski definition) is 3. The van der Waals surface area contributed by atoms with Crippen molar-refractivity contribution in [2.24, 2.45) is 5.92 Å². The van der Waals surface area contributed by atoms with Gasteiger partial charge in [-0.3, -0.25) is 4.79 Å². The Morgan fingerprint density at radius 2 is 2.53 bits per heavy atom. The Morgan fingerprint density at radius 1 is 1.60 bits per heavy atom. The largest absolute Gasteiger partial charge is 0.459 e. The van der Waals surface area contributed by atoms with E-state index in [-0.39, 0.29) is 5.91 Å². The summed E-state index contributed by atoms with van der Waals surface area (Å²) in [5, 5.41) is 3.20. The van der Waals surface area contributed by atoms with Gasteiger partial charge < -0.3 is 14.6 Å². The third-order valence-electron chi connectivity index (χ3n) is 3.01. The van der Waals surface area contributed by atoms with Crippen LogP contribution in [0.25, 0.3) is 0 Å². The van der Waals surface area contributed by atoms with Crippen molar-refractivity contribution < 1.29 is 9.21 Å². The highest BCUT2D eigenvalue weighted by Gasteiger charge is 2.33. The van der Waals surface area contributed by atoms with Crippen LogP contribution in [0.15, 0.2) is 34.6 Å². The molecule has 0 spiro atoms. The van der Waals surface area contributed by atoms with Gasteiger partial charge in [-0.2, -0.15) is 0 Å². The molecule has 4 heteroatoms. The van der Waals surface area contributed by atoms with Gasteiger partial charge in [0.1, 0.15) is 0 Å². The Balaban J connectivity index is 1.78. The molecular formula is C11H12N2O2. The van der Waals surface area contributed by atoms with E-state index in [4.69, 9.17) is 4.42 Å². The van der Waals surface area contributed by atoms with Crippen molar-refractivity contribution in [3.8, 4) is 0 Å². The fraction of sp³-hybridized carbons (Fsp3) is 0.364. The lowest BCUT2D eigenvalue weighted by molar-refractivity contribution is 0.0757. The fourth-order valence-corrected chi connectivity index (χ4v) is 2.20. The van der Waals surface area contributed by atoms with E-state index in [1.165, 1.54) is 11.8 Å². The summed E-state index contributed by atoms with van der Waals surface area (Å²) in [6.45, 7) is 2.49. The van der Waals surface area contributed by atoms with Gasteiger partial charge in [-0.1, -0.05) is 0 Å². The van der Waals surface area contributed by atoms with Crippen LogP contribution >= 0.6 is 0 Å². The Bertz CT molecular complexity index is 408. The minimum atomic E-state index is -0.00435. The number of carbonyl (C=O) groups excluding carboxylic acids is 1. The molecule has 0 bridgehead atoms. The van der Waals surface area contributed by atoms with Gasteiger partial charge in [0, 0.05) is 25.6 Å². The van der Waals surface area contributed by atoms with Gasteiger partial charge in [0.2, 0.25) is 0 Å². The molecule has 15 heavy (non-hydrogen) atoms. The van der Waals surface area contributed by atoms with Gasteiger partial charge >= 0.3 is 0 Å². The van der Waals surface area contributed by atoms with Gasteiger partial charge in [0.15, 0.2) is 5.76 Å². The number of fused-ring (bicyclic) bond motifs is 1. The van der Waals surface area contributed by atoms with E-state index in [2.05, 4.69) is 5.32 Å². The maximum atomic E-state index is 11.9. The monoisotopic (exact) mass is 204 g/mol. The zero-order valence-corrected chi connectivity index (χ0v) is 8.27. The van der Waals surface area contributed by atoms with Gasteiger partial charge in [-0.15, -0.1) is 0 Å². The summed E-state index contributed by atoms with van der Waals surface area (Å²) in [5.74, 6) is 0.933. The zero-order chi connectivity index (χ0) is 10.3. The molecule has 2 aliphatic heterocycles. The van der Waals surface area contributed by atoms with Crippen molar-refractivity contribution in [1.82, 2.24) is 10.2 Å². The Labute approximate surface area is 87.6 Å². The second-order valence-electron chi connectivity index (χ2n) is 3.99. The summed E-state index contributed by atoms with van der Waals surface area (Å²) in [6, 6.07) is 3.45. The first kappa shape index (κ1) is 8.59. The highest BCUT2D eigenvalue weighted by molar-refractivity contribution is 5.92. The van der Waals surface area contributed by atoms with Gasteiger partial charge in [-0.25, -0.2) is 0 Å². The van der Waals surface area contributed by atoms with Crippen molar-refractivity contribution in [2.75, 3.05) is 19.6 Å². The molecule has 1 aromatic heterocycles. The topological polar surface area (TPSA) is 45.5 Å². The zero-order valence-electron chi connectivity index (χ0n) is 8.27. The molecule has 1 N–H and O–H groups in total. The van der Waals surface area contributed by atoms with Crippen LogP contribution in [-0.4, -0.2) is 30.4 Å². The lowest BCUT2D eigenvalue weighted by atomic mass is 10.1. The minimum Gasteiger partial charge on any atom is -0.459 e. The Hall–Kier alpha value is -1.71. The van der Waals surface area contributed by atoms with Crippen molar-refractivity contribution in [3.63, 3.8) is 0 Å². The summed E-state index contributed by atoms with van der Waals surface area (Å²) in [7, 11) is 0. The van der Waals surface area contributed by atoms with E-state index >= 15 is 0 Å². The summed E-state index contributed by atoms with van der Waals surface area (Å²) in [6.07, 6.45) is 3.56. The lowest BCUT2D eigenvalue weighted by Crippen LogP contribution is -2.30. The molecule has 1 atom stereocenters. The maximum absolute atomic E-state index is 11.9. The predicted octanol–water partition coefficient (Wildman–Crippen LogP) is 0.839. The molecular weight excluding hydrogens is 192 g/mol. The molecule has 1 amide bonds. The number of amides is 1. The van der Waals surface area contributed by atoms with Crippen molar-refractivity contribution >= 4 is 5.91 Å². The standard InChI is InChI=1S/C11H12N2O2/c14-11(10-2-1-3-15-10)13-6-8-4-12-5-9(8)7-13/h1-4,9,12H,5-7H2. The number of nitrogens with one attached hydrogen (secondary N) is 1. The van der Waals surface area contributed by atoms with Crippen LogP contribution in [0.2, 0.25) is 0 Å². The smallest absolute Gasteiger partial charge is 0.289 e. The SMILES string of the molecule is O=C(c1ccco1)N1CC2=CNCC2C1. The molecule has 1 fully saturated rings. The lowest BCUT2D eigenvalue weighted by Gasteiger charge is -2.14. The predicted molar refractivity (Wildman–Crippen MR) is 54.2 cm³/mol. The van der Waals surface area contributed by atoms with Crippen LogP contribution in [0.3, 0.4) is 0 Å². The molecule has 1 saturated heterocycles. The normalized spacial score (nSPS) is 23.6. The van der Waals surface area contributed by atoms with E-state index in [9.17, 15) is 4.79 Å². The van der Waals surface area contributed by atoms with Crippen LogP contribution in [0, 0.1) is 5.92 Å². The molecule has 0 saturated carbocycles. The minimum absolute atomic E-state index is 0.00435. The molecule has 3 heterocycles. The number of likely N-dealkylation sites (tertiary alicyclic amines) is 1. The number of hydrogen-bond donors (Lipinski definition) is 1. The highest BCUT2D eigenvalue weighted by Crippen LogP contribution is 2.26. The second-order valence-corrected chi connectivity index (χ2v) is 3.99. The van der Waals surface area contributed by atoms with Crippen LogP contribution in [0.1, 0.15) is 10.6 Å². The molecule has 0 radical (unpaired) electrons. The van der Waals surface area contributed by atoms with E-state index < -0.39 is 0 Å². The van der Waals surface area contributed by atoms with E-state index in [0.29, 0.717) is 11.7 Å². The summed E-state index contributed by atoms with van der Waals surface area (Å²) in [5.41, 5.74) is 1.33. The van der Waals surface area contributed by atoms with Crippen molar-refractivity contribution in [1.29, 1.82) is 0 Å².